The summed E-state index contributed by atoms with van der Waals surface area (Å²) in [5, 5.41) is 0. The van der Waals surface area contributed by atoms with Crippen LogP contribution < -0.4 is 5.56 Å². The number of H-pyrrole nitrogens is 1. The highest BCUT2D eigenvalue weighted by atomic mass is 127. The lowest BCUT2D eigenvalue weighted by molar-refractivity contribution is 0.0517. The van der Waals surface area contributed by atoms with Crippen LogP contribution in [0.2, 0.25) is 0 Å². The molecule has 0 aliphatic heterocycles. The largest absolute Gasteiger partial charge is 0.461 e. The number of nitrogens with one attached hydrogen (secondary N) is 1. The second-order valence-electron chi connectivity index (χ2n) is 3.42. The number of hydrogen-bond donors (Lipinski definition) is 1. The molecule has 0 fully saturated rings. The highest BCUT2D eigenvalue weighted by Crippen LogP contribution is 2.19. The average molecular weight is 470 g/mol. The summed E-state index contributed by atoms with van der Waals surface area (Å²) in [4.78, 5) is 30.0. The molecule has 7 heteroatoms. The van der Waals surface area contributed by atoms with Gasteiger partial charge in [0.2, 0.25) is 5.69 Å². The number of carbonyl (C=O) groups is 1. The number of carbonyl (C=O) groups excluding carboxylic acids is 1. The maximum atomic E-state index is 11.7. The number of aromatic nitrogens is 2. The SMILES string of the molecule is CCOC(=O)c1nc2cc(I)c(I)cc2[nH]c1=O. The van der Waals surface area contributed by atoms with Gasteiger partial charge < -0.3 is 9.72 Å². The summed E-state index contributed by atoms with van der Waals surface area (Å²) in [7, 11) is 0. The first-order chi connectivity index (χ1) is 8.52. The van der Waals surface area contributed by atoms with Crippen LogP contribution in [-0.2, 0) is 4.74 Å². The Balaban J connectivity index is 2.65. The molecule has 0 saturated carbocycles. The summed E-state index contributed by atoms with van der Waals surface area (Å²) in [6, 6.07) is 3.64. The number of ether oxygens (including phenoxy) is 1. The molecule has 0 aliphatic rings. The lowest BCUT2D eigenvalue weighted by Gasteiger charge is -2.04. The van der Waals surface area contributed by atoms with Crippen LogP contribution in [0.1, 0.15) is 17.4 Å². The van der Waals surface area contributed by atoms with Gasteiger partial charge in [-0.1, -0.05) is 0 Å². The predicted molar refractivity (Wildman–Crippen MR) is 83.8 cm³/mol. The van der Waals surface area contributed by atoms with E-state index in [1.54, 1.807) is 6.92 Å². The van der Waals surface area contributed by atoms with Gasteiger partial charge >= 0.3 is 5.97 Å². The Labute approximate surface area is 130 Å². The van der Waals surface area contributed by atoms with E-state index in [9.17, 15) is 9.59 Å². The molecule has 2 rings (SSSR count). The van der Waals surface area contributed by atoms with Crippen molar-refractivity contribution in [1.82, 2.24) is 9.97 Å². The Morgan fingerprint density at radius 2 is 2.06 bits per heavy atom. The van der Waals surface area contributed by atoms with Gasteiger partial charge in [0.05, 0.1) is 17.6 Å². The van der Waals surface area contributed by atoms with Crippen LogP contribution in [0.25, 0.3) is 11.0 Å². The van der Waals surface area contributed by atoms with Crippen LogP contribution in [0.15, 0.2) is 16.9 Å². The fourth-order valence-corrected chi connectivity index (χ4v) is 2.34. The molecule has 1 aromatic carbocycles. The van der Waals surface area contributed by atoms with Crippen molar-refractivity contribution in [2.75, 3.05) is 6.61 Å². The molecule has 1 heterocycles. The van der Waals surface area contributed by atoms with Gasteiger partial charge in [0.1, 0.15) is 0 Å². The normalized spacial score (nSPS) is 10.6. The summed E-state index contributed by atoms with van der Waals surface area (Å²) in [5.74, 6) is -0.700. The monoisotopic (exact) mass is 470 g/mol. The first kappa shape index (κ1) is 13.7. The highest BCUT2D eigenvalue weighted by molar-refractivity contribution is 14.1. The Bertz CT molecular complexity index is 682. The molecule has 0 radical (unpaired) electrons. The Morgan fingerprint density at radius 1 is 1.39 bits per heavy atom. The number of aromatic amines is 1. The van der Waals surface area contributed by atoms with Crippen LogP contribution >= 0.6 is 45.2 Å². The minimum Gasteiger partial charge on any atom is -0.461 e. The van der Waals surface area contributed by atoms with E-state index in [1.807, 2.05) is 12.1 Å². The molecule has 0 saturated heterocycles. The third-order valence-corrected chi connectivity index (χ3v) is 5.02. The first-order valence-corrected chi connectivity index (χ1v) is 7.25. The van der Waals surface area contributed by atoms with Crippen LogP contribution in [0.5, 0.6) is 0 Å². The zero-order chi connectivity index (χ0) is 13.3. The standard InChI is InChI=1S/C11H8I2N2O3/c1-2-18-11(17)9-10(16)15-8-4-6(13)5(12)3-7(8)14-9/h3-4H,2H2,1H3,(H,15,16). The van der Waals surface area contributed by atoms with Gasteiger partial charge in [0.15, 0.2) is 0 Å². The molecule has 1 aromatic heterocycles. The summed E-state index contributed by atoms with van der Waals surface area (Å²) < 4.78 is 6.81. The molecular weight excluding hydrogens is 462 g/mol. The first-order valence-electron chi connectivity index (χ1n) is 5.09. The molecule has 1 N–H and O–H groups in total. The van der Waals surface area contributed by atoms with Crippen molar-refractivity contribution in [3.63, 3.8) is 0 Å². The average Bonchev–Trinajstić information content (AvgIpc) is 2.31. The summed E-state index contributed by atoms with van der Waals surface area (Å²) in [5.41, 5.74) is 0.444. The molecule has 0 atom stereocenters. The molecule has 5 nitrogen and oxygen atoms in total. The van der Waals surface area contributed by atoms with Crippen molar-refractivity contribution in [2.24, 2.45) is 0 Å². The van der Waals surface area contributed by atoms with Gasteiger partial charge in [-0.15, -0.1) is 0 Å². The van der Waals surface area contributed by atoms with Crippen LogP contribution in [0.3, 0.4) is 0 Å². The minimum absolute atomic E-state index is 0.207. The Kier molecular flexibility index (Phi) is 4.20. The number of halogens is 2. The number of benzene rings is 1. The van der Waals surface area contributed by atoms with Crippen molar-refractivity contribution in [3.05, 3.63) is 35.3 Å². The minimum atomic E-state index is -0.700. The number of esters is 1. The third-order valence-electron chi connectivity index (χ3n) is 2.20. The van der Waals surface area contributed by atoms with Gasteiger partial charge in [-0.2, -0.15) is 0 Å². The van der Waals surface area contributed by atoms with Crippen LogP contribution in [0.4, 0.5) is 0 Å². The van der Waals surface area contributed by atoms with E-state index in [1.165, 1.54) is 0 Å². The zero-order valence-electron chi connectivity index (χ0n) is 9.29. The molecule has 2 aromatic rings. The Hall–Kier alpha value is -0.710. The topological polar surface area (TPSA) is 72.0 Å². The predicted octanol–water partition coefficient (Wildman–Crippen LogP) is 2.31. The van der Waals surface area contributed by atoms with Crippen molar-refractivity contribution in [2.45, 2.75) is 6.92 Å². The number of rotatable bonds is 2. The molecule has 18 heavy (non-hydrogen) atoms. The van der Waals surface area contributed by atoms with Crippen molar-refractivity contribution in [1.29, 1.82) is 0 Å². The fourth-order valence-electron chi connectivity index (χ4n) is 1.42. The molecule has 94 valence electrons. The van der Waals surface area contributed by atoms with Gasteiger partial charge in [-0.25, -0.2) is 9.78 Å². The highest BCUT2D eigenvalue weighted by Gasteiger charge is 2.15. The van der Waals surface area contributed by atoms with Crippen molar-refractivity contribution in [3.8, 4) is 0 Å². The van der Waals surface area contributed by atoms with E-state index in [4.69, 9.17) is 4.74 Å². The summed E-state index contributed by atoms with van der Waals surface area (Å²) in [6.07, 6.45) is 0. The van der Waals surface area contributed by atoms with Gasteiger partial charge in [0.25, 0.3) is 5.56 Å². The second kappa shape index (κ2) is 5.51. The Morgan fingerprint density at radius 3 is 2.72 bits per heavy atom. The van der Waals surface area contributed by atoms with E-state index < -0.39 is 11.5 Å². The number of nitrogens with zero attached hydrogens (tertiary/aromatic N) is 1. The van der Waals surface area contributed by atoms with Crippen molar-refractivity contribution >= 4 is 62.2 Å². The van der Waals surface area contributed by atoms with Gasteiger partial charge in [0, 0.05) is 7.14 Å². The molecule has 0 aliphatic carbocycles. The molecule has 0 bridgehead atoms. The molecule has 0 spiro atoms. The lowest BCUT2D eigenvalue weighted by atomic mass is 10.3. The van der Waals surface area contributed by atoms with E-state index in [2.05, 4.69) is 55.1 Å². The molecule has 0 unspecified atom stereocenters. The van der Waals surface area contributed by atoms with E-state index >= 15 is 0 Å². The third kappa shape index (κ3) is 2.66. The summed E-state index contributed by atoms with van der Waals surface area (Å²) in [6.45, 7) is 1.89. The van der Waals surface area contributed by atoms with E-state index in [0.29, 0.717) is 11.0 Å². The van der Waals surface area contributed by atoms with E-state index in [0.717, 1.165) is 7.14 Å². The fraction of sp³-hybridized carbons (Fsp3) is 0.182. The van der Waals surface area contributed by atoms with Crippen molar-refractivity contribution < 1.29 is 9.53 Å². The maximum absolute atomic E-state index is 11.7. The lowest BCUT2D eigenvalue weighted by Crippen LogP contribution is -2.22. The second-order valence-corrected chi connectivity index (χ2v) is 5.74. The zero-order valence-corrected chi connectivity index (χ0v) is 13.6. The van der Waals surface area contributed by atoms with Crippen LogP contribution in [0, 0.1) is 7.14 Å². The molecule has 0 amide bonds. The summed E-state index contributed by atoms with van der Waals surface area (Å²) >= 11 is 4.34. The molecular formula is C11H8I2N2O3. The smallest absolute Gasteiger partial charge is 0.362 e. The van der Waals surface area contributed by atoms with E-state index in [-0.39, 0.29) is 12.3 Å². The number of hydrogen-bond acceptors (Lipinski definition) is 4. The quantitative estimate of drug-likeness (QED) is 0.541. The van der Waals surface area contributed by atoms with Crippen LogP contribution in [-0.4, -0.2) is 22.5 Å². The van der Waals surface area contributed by atoms with Gasteiger partial charge in [-0.3, -0.25) is 4.79 Å². The number of fused-ring (bicyclic) bond motifs is 1. The van der Waals surface area contributed by atoms with Gasteiger partial charge in [-0.05, 0) is 64.2 Å². The maximum Gasteiger partial charge on any atom is 0.362 e.